The Morgan fingerprint density at radius 3 is 2.56 bits per heavy atom. The number of nitrogens with one attached hydrogen (secondary N) is 1. The number of nitrogens with zero attached hydrogens (tertiary/aromatic N) is 4. The molecule has 9 nitrogen and oxygen atoms in total. The van der Waals surface area contributed by atoms with E-state index in [9.17, 15) is 14.4 Å². The summed E-state index contributed by atoms with van der Waals surface area (Å²) in [5, 5.41) is 0. The van der Waals surface area contributed by atoms with Crippen molar-refractivity contribution in [2.24, 2.45) is 0 Å². The van der Waals surface area contributed by atoms with Crippen molar-refractivity contribution in [3.05, 3.63) is 38.5 Å². The fraction of sp³-hybridized carbons (Fsp3) is 0.560. The number of fused-ring (bicyclic) bond motifs is 2. The number of hydrogen-bond acceptors (Lipinski definition) is 7. The van der Waals surface area contributed by atoms with Gasteiger partial charge in [0.05, 0.1) is 17.6 Å². The minimum atomic E-state index is -0.676. The molecule has 0 atom stereocenters. The lowest BCUT2D eigenvalue weighted by Crippen LogP contribution is -2.29. The van der Waals surface area contributed by atoms with Crippen LogP contribution in [-0.4, -0.2) is 46.2 Å². The van der Waals surface area contributed by atoms with Crippen LogP contribution in [0.25, 0.3) is 22.6 Å². The molecule has 9 heteroatoms. The topological polar surface area (TPSA) is 110 Å². The van der Waals surface area contributed by atoms with E-state index in [1.807, 2.05) is 42.6 Å². The molecule has 0 unspecified atom stereocenters. The van der Waals surface area contributed by atoms with Crippen molar-refractivity contribution in [2.75, 3.05) is 25.6 Å². The molecule has 0 fully saturated rings. The van der Waals surface area contributed by atoms with Gasteiger partial charge in [-0.15, -0.1) is 0 Å². The van der Waals surface area contributed by atoms with Crippen LogP contribution in [0.5, 0.6) is 0 Å². The average Bonchev–Trinajstić information content (AvgIpc) is 2.78. The molecule has 1 aromatic carbocycles. The maximum Gasteiger partial charge on any atom is 0.349 e. The molecular formula is C25H35N5O4. The first-order valence-electron chi connectivity index (χ1n) is 12.1. The highest BCUT2D eigenvalue weighted by Gasteiger charge is 2.19. The number of carbonyl (C=O) groups is 1. The number of aryl methyl sites for hydroxylation is 2. The first kappa shape index (κ1) is 25.4. The van der Waals surface area contributed by atoms with Gasteiger partial charge >= 0.3 is 11.7 Å². The largest absolute Gasteiger partial charge is 0.466 e. The summed E-state index contributed by atoms with van der Waals surface area (Å²) in [5.74, 6) is 0.167. The van der Waals surface area contributed by atoms with Gasteiger partial charge in [-0.2, -0.15) is 4.98 Å². The molecule has 0 spiro atoms. The fourth-order valence-electron chi connectivity index (χ4n) is 4.15. The second-order valence-corrected chi connectivity index (χ2v) is 8.92. The van der Waals surface area contributed by atoms with Crippen LogP contribution in [0.2, 0.25) is 0 Å². The molecule has 2 heterocycles. The number of ether oxygens (including phenoxy) is 1. The first-order valence-corrected chi connectivity index (χ1v) is 12.1. The van der Waals surface area contributed by atoms with Gasteiger partial charge in [-0.25, -0.2) is 9.78 Å². The molecule has 184 valence electrons. The quantitative estimate of drug-likeness (QED) is 0.245. The molecule has 0 aromatic heterocycles. The number of benzene rings is 1. The van der Waals surface area contributed by atoms with Gasteiger partial charge in [0, 0.05) is 32.7 Å². The third-order valence-electron chi connectivity index (χ3n) is 5.93. The van der Waals surface area contributed by atoms with E-state index in [1.54, 1.807) is 0 Å². The van der Waals surface area contributed by atoms with E-state index in [1.165, 1.54) is 0 Å². The monoisotopic (exact) mass is 469 g/mol. The maximum absolute atomic E-state index is 12.4. The predicted octanol–water partition coefficient (Wildman–Crippen LogP) is 3.64. The standard InChI is InChI=1S/C25H35N5O4/c1-5-6-11-14-34-21(31)12-9-7-8-10-13-30-20-16-19(29(3)4)17(2)15-18(20)26-22-23(30)27-25(33)28-24(22)32/h15-16H,5-14H2,1-4H3,(H,28,32,33). The van der Waals surface area contributed by atoms with Crippen molar-refractivity contribution in [1.82, 2.24) is 19.5 Å². The van der Waals surface area contributed by atoms with Gasteiger partial charge in [0.25, 0.3) is 5.56 Å². The molecule has 0 aliphatic carbocycles. The van der Waals surface area contributed by atoms with Gasteiger partial charge in [0.1, 0.15) is 0 Å². The second kappa shape index (κ2) is 11.8. The van der Waals surface area contributed by atoms with E-state index in [-0.39, 0.29) is 11.7 Å². The number of unbranched alkanes of at least 4 members (excludes halogenated alkanes) is 5. The zero-order chi connectivity index (χ0) is 24.7. The van der Waals surface area contributed by atoms with E-state index >= 15 is 0 Å². The molecule has 0 saturated carbocycles. The van der Waals surface area contributed by atoms with E-state index in [2.05, 4.69) is 21.9 Å². The summed E-state index contributed by atoms with van der Waals surface area (Å²) in [5.41, 5.74) is 2.55. The van der Waals surface area contributed by atoms with Crippen molar-refractivity contribution in [2.45, 2.75) is 71.8 Å². The summed E-state index contributed by atoms with van der Waals surface area (Å²) >= 11 is 0. The van der Waals surface area contributed by atoms with Crippen LogP contribution in [0.1, 0.15) is 63.9 Å². The van der Waals surface area contributed by atoms with Gasteiger partial charge in [0.2, 0.25) is 0 Å². The Labute approximate surface area is 199 Å². The number of carbonyl (C=O) groups excluding carboxylic acids is 1. The van der Waals surface area contributed by atoms with Crippen molar-refractivity contribution in [3.63, 3.8) is 0 Å². The summed E-state index contributed by atoms with van der Waals surface area (Å²) in [6.45, 7) is 5.22. The Bertz CT molecular complexity index is 1210. The van der Waals surface area contributed by atoms with Crippen molar-refractivity contribution in [1.29, 1.82) is 0 Å². The van der Waals surface area contributed by atoms with Crippen LogP contribution >= 0.6 is 0 Å². The highest BCUT2D eigenvalue weighted by molar-refractivity contribution is 5.84. The predicted molar refractivity (Wildman–Crippen MR) is 134 cm³/mol. The molecule has 3 rings (SSSR count). The average molecular weight is 470 g/mol. The molecule has 1 aromatic rings. The number of aromatic nitrogens is 4. The van der Waals surface area contributed by atoms with Crippen LogP contribution in [0, 0.1) is 6.92 Å². The van der Waals surface area contributed by atoms with Crippen molar-refractivity contribution < 1.29 is 9.53 Å². The lowest BCUT2D eigenvalue weighted by Gasteiger charge is -2.21. The molecule has 2 aliphatic rings. The fourth-order valence-corrected chi connectivity index (χ4v) is 4.15. The lowest BCUT2D eigenvalue weighted by atomic mass is 10.1. The number of esters is 1. The number of rotatable bonds is 12. The smallest absolute Gasteiger partial charge is 0.349 e. The number of aromatic amines is 1. The summed E-state index contributed by atoms with van der Waals surface area (Å²) in [4.78, 5) is 49.0. The lowest BCUT2D eigenvalue weighted by molar-refractivity contribution is -0.143. The van der Waals surface area contributed by atoms with Crippen LogP contribution in [0.3, 0.4) is 0 Å². The third-order valence-corrected chi connectivity index (χ3v) is 5.93. The van der Waals surface area contributed by atoms with Gasteiger partial charge in [-0.05, 0) is 43.9 Å². The second-order valence-electron chi connectivity index (χ2n) is 8.92. The minimum Gasteiger partial charge on any atom is -0.466 e. The highest BCUT2D eigenvalue weighted by Crippen LogP contribution is 2.28. The molecule has 0 saturated heterocycles. The summed E-state index contributed by atoms with van der Waals surface area (Å²) in [6.07, 6.45) is 6.93. The number of anilines is 1. The summed E-state index contributed by atoms with van der Waals surface area (Å²) < 4.78 is 7.17. The zero-order valence-electron chi connectivity index (χ0n) is 20.6. The SMILES string of the molecule is CCCCCOC(=O)CCCCCCn1c2nc(=O)[nH]c(=O)c-2nc2cc(C)c(N(C)C)cc21. The Balaban J connectivity index is 1.73. The molecule has 0 radical (unpaired) electrons. The van der Waals surface area contributed by atoms with E-state index in [0.717, 1.165) is 61.7 Å². The van der Waals surface area contributed by atoms with Gasteiger partial charge in [0.15, 0.2) is 11.5 Å². The molecular weight excluding hydrogens is 434 g/mol. The normalized spacial score (nSPS) is 11.3. The number of hydrogen-bond donors (Lipinski definition) is 1. The van der Waals surface area contributed by atoms with Crippen molar-refractivity contribution in [3.8, 4) is 11.5 Å². The molecule has 0 amide bonds. The Morgan fingerprint density at radius 1 is 1.06 bits per heavy atom. The molecule has 2 aliphatic heterocycles. The first-order chi connectivity index (χ1) is 16.3. The van der Waals surface area contributed by atoms with Crippen LogP contribution in [0.15, 0.2) is 21.7 Å². The minimum absolute atomic E-state index is 0.130. The van der Waals surface area contributed by atoms with E-state index in [4.69, 9.17) is 4.74 Å². The van der Waals surface area contributed by atoms with E-state index in [0.29, 0.717) is 30.9 Å². The Hall–Kier alpha value is -3.23. The molecule has 0 bridgehead atoms. The third kappa shape index (κ3) is 6.21. The zero-order valence-corrected chi connectivity index (χ0v) is 20.6. The summed E-state index contributed by atoms with van der Waals surface area (Å²) in [6, 6.07) is 3.98. The maximum atomic E-state index is 12.4. The summed E-state index contributed by atoms with van der Waals surface area (Å²) in [7, 11) is 3.95. The van der Waals surface area contributed by atoms with E-state index < -0.39 is 11.2 Å². The Morgan fingerprint density at radius 2 is 1.82 bits per heavy atom. The number of H-pyrrole nitrogens is 1. The molecule has 34 heavy (non-hydrogen) atoms. The van der Waals surface area contributed by atoms with Crippen LogP contribution < -0.4 is 16.1 Å². The van der Waals surface area contributed by atoms with Gasteiger partial charge in [-0.3, -0.25) is 14.6 Å². The van der Waals surface area contributed by atoms with Gasteiger partial charge < -0.3 is 14.2 Å². The Kier molecular flexibility index (Phi) is 8.79. The molecule has 1 N–H and O–H groups in total. The van der Waals surface area contributed by atoms with Gasteiger partial charge in [-0.1, -0.05) is 32.6 Å². The highest BCUT2D eigenvalue weighted by atomic mass is 16.5. The van der Waals surface area contributed by atoms with Crippen molar-refractivity contribution >= 4 is 22.7 Å². The van der Waals surface area contributed by atoms with Crippen LogP contribution in [0.4, 0.5) is 5.69 Å². The van der Waals surface area contributed by atoms with Crippen LogP contribution in [-0.2, 0) is 16.1 Å².